The maximum atomic E-state index is 13.1. The topological polar surface area (TPSA) is 109 Å². The fraction of sp³-hybridized carbons (Fsp3) is 0.192. The first-order chi connectivity index (χ1) is 17.4. The number of rotatable bonds is 6. The first-order valence-corrected chi connectivity index (χ1v) is 11.3. The molecule has 0 bridgehead atoms. The van der Waals surface area contributed by atoms with Crippen LogP contribution in [0.5, 0.6) is 11.5 Å². The number of amides is 1. The van der Waals surface area contributed by atoms with Crippen LogP contribution < -0.4 is 14.8 Å². The van der Waals surface area contributed by atoms with E-state index in [1.165, 1.54) is 19.0 Å². The first kappa shape index (κ1) is 23.0. The van der Waals surface area contributed by atoms with Crippen molar-refractivity contribution in [3.05, 3.63) is 77.4 Å². The van der Waals surface area contributed by atoms with Crippen molar-refractivity contribution in [3.8, 4) is 23.0 Å². The second kappa shape index (κ2) is 9.14. The molecule has 10 nitrogen and oxygen atoms in total. The van der Waals surface area contributed by atoms with Crippen LogP contribution >= 0.6 is 0 Å². The van der Waals surface area contributed by atoms with Crippen LogP contribution in [0.25, 0.3) is 22.5 Å². The molecule has 3 aromatic heterocycles. The van der Waals surface area contributed by atoms with Gasteiger partial charge < -0.3 is 14.8 Å². The number of nitrogens with zero attached hydrogens (tertiary/aromatic N) is 6. The number of aryl methyl sites for hydroxylation is 3. The molecule has 1 amide bonds. The third-order valence-electron chi connectivity index (χ3n) is 6.00. The molecular formula is C26H25N7O3. The molecule has 182 valence electrons. The number of ether oxygens (including phenoxy) is 2. The lowest BCUT2D eigenvalue weighted by Crippen LogP contribution is -2.16. The SMILES string of the molecule is COc1ccc(C(=O)Nc2cc(C)nn2-c2ncnc3c2cnn3-c2ccc(C)c(C)c2)cc1OC. The molecule has 5 aromatic rings. The number of aromatic nitrogens is 6. The van der Waals surface area contributed by atoms with Crippen LogP contribution in [0.3, 0.4) is 0 Å². The van der Waals surface area contributed by atoms with Gasteiger partial charge in [-0.3, -0.25) is 4.79 Å². The second-order valence-corrected chi connectivity index (χ2v) is 8.37. The summed E-state index contributed by atoms with van der Waals surface area (Å²) in [6, 6.07) is 12.9. The number of hydrogen-bond donors (Lipinski definition) is 1. The van der Waals surface area contributed by atoms with Gasteiger partial charge in [-0.15, -0.1) is 0 Å². The summed E-state index contributed by atoms with van der Waals surface area (Å²) in [5, 5.41) is 12.8. The summed E-state index contributed by atoms with van der Waals surface area (Å²) in [7, 11) is 3.07. The Labute approximate surface area is 207 Å². The predicted molar refractivity (Wildman–Crippen MR) is 135 cm³/mol. The van der Waals surface area contributed by atoms with Gasteiger partial charge in [-0.25, -0.2) is 14.6 Å². The van der Waals surface area contributed by atoms with Crippen LogP contribution in [-0.2, 0) is 0 Å². The normalized spacial score (nSPS) is 11.0. The van der Waals surface area contributed by atoms with E-state index in [1.54, 1.807) is 46.9 Å². The molecule has 0 aliphatic heterocycles. The fourth-order valence-electron chi connectivity index (χ4n) is 3.96. The summed E-state index contributed by atoms with van der Waals surface area (Å²) in [5.41, 5.74) is 5.02. The molecule has 5 rings (SSSR count). The quantitative estimate of drug-likeness (QED) is 0.386. The Hall–Kier alpha value is -4.73. The van der Waals surface area contributed by atoms with Crippen molar-refractivity contribution in [2.75, 3.05) is 19.5 Å². The molecule has 0 unspecified atom stereocenters. The van der Waals surface area contributed by atoms with Crippen LogP contribution in [0.15, 0.2) is 55.0 Å². The van der Waals surface area contributed by atoms with Gasteiger partial charge in [0, 0.05) is 11.6 Å². The number of hydrogen-bond acceptors (Lipinski definition) is 7. The Balaban J connectivity index is 1.53. The van der Waals surface area contributed by atoms with Gasteiger partial charge in [-0.1, -0.05) is 6.07 Å². The standard InChI is InChI=1S/C26H25N7O3/c1-15-6-8-19(10-16(15)2)32-24-20(13-29-32)25(28-14-27-24)33-23(11-17(3)31-33)30-26(34)18-7-9-21(35-4)22(12-18)36-5/h6-14H,1-5H3,(H,30,34). The highest BCUT2D eigenvalue weighted by Crippen LogP contribution is 2.29. The average Bonchev–Trinajstić information content (AvgIpc) is 3.48. The van der Waals surface area contributed by atoms with Crippen LogP contribution in [0.2, 0.25) is 0 Å². The molecule has 0 aliphatic carbocycles. The van der Waals surface area contributed by atoms with E-state index in [-0.39, 0.29) is 5.91 Å². The van der Waals surface area contributed by atoms with Gasteiger partial charge >= 0.3 is 0 Å². The number of carbonyl (C=O) groups is 1. The Morgan fingerprint density at radius 2 is 1.69 bits per heavy atom. The van der Waals surface area contributed by atoms with Crippen molar-refractivity contribution in [3.63, 3.8) is 0 Å². The van der Waals surface area contributed by atoms with Crippen molar-refractivity contribution in [2.45, 2.75) is 20.8 Å². The van der Waals surface area contributed by atoms with Crippen LogP contribution in [0, 0.1) is 20.8 Å². The maximum Gasteiger partial charge on any atom is 0.256 e. The molecule has 0 saturated carbocycles. The molecule has 3 heterocycles. The summed E-state index contributed by atoms with van der Waals surface area (Å²) in [6.07, 6.45) is 3.17. The predicted octanol–water partition coefficient (Wildman–Crippen LogP) is 4.20. The number of nitrogens with one attached hydrogen (secondary N) is 1. The van der Waals surface area contributed by atoms with E-state index in [1.807, 2.05) is 13.0 Å². The number of carbonyl (C=O) groups excluding carboxylic acids is 1. The first-order valence-electron chi connectivity index (χ1n) is 11.3. The van der Waals surface area contributed by atoms with Gasteiger partial charge in [0.2, 0.25) is 0 Å². The van der Waals surface area contributed by atoms with Crippen molar-refractivity contribution in [1.29, 1.82) is 0 Å². The number of fused-ring (bicyclic) bond motifs is 1. The van der Waals surface area contributed by atoms with Gasteiger partial charge in [0.05, 0.1) is 37.2 Å². The number of methoxy groups -OCH3 is 2. The lowest BCUT2D eigenvalue weighted by atomic mass is 10.1. The Morgan fingerprint density at radius 1 is 0.889 bits per heavy atom. The van der Waals surface area contributed by atoms with E-state index >= 15 is 0 Å². The van der Waals surface area contributed by atoms with Gasteiger partial charge in [-0.05, 0) is 62.2 Å². The molecule has 0 saturated heterocycles. The Bertz CT molecular complexity index is 1600. The maximum absolute atomic E-state index is 13.1. The summed E-state index contributed by atoms with van der Waals surface area (Å²) in [6.45, 7) is 5.97. The minimum Gasteiger partial charge on any atom is -0.493 e. The monoisotopic (exact) mass is 483 g/mol. The minimum absolute atomic E-state index is 0.326. The second-order valence-electron chi connectivity index (χ2n) is 8.37. The fourth-order valence-corrected chi connectivity index (χ4v) is 3.96. The van der Waals surface area contributed by atoms with Crippen LogP contribution in [0.4, 0.5) is 5.82 Å². The highest BCUT2D eigenvalue weighted by Gasteiger charge is 2.19. The van der Waals surface area contributed by atoms with E-state index in [0.29, 0.717) is 45.4 Å². The van der Waals surface area contributed by atoms with E-state index in [9.17, 15) is 4.79 Å². The molecule has 1 N–H and O–H groups in total. The highest BCUT2D eigenvalue weighted by atomic mass is 16.5. The summed E-state index contributed by atoms with van der Waals surface area (Å²) in [5.74, 6) is 1.65. The summed E-state index contributed by atoms with van der Waals surface area (Å²) < 4.78 is 13.9. The van der Waals surface area contributed by atoms with Crippen LogP contribution in [0.1, 0.15) is 27.2 Å². The largest absolute Gasteiger partial charge is 0.493 e. The smallest absolute Gasteiger partial charge is 0.256 e. The van der Waals surface area contributed by atoms with Crippen molar-refractivity contribution in [1.82, 2.24) is 29.5 Å². The van der Waals surface area contributed by atoms with Gasteiger partial charge in [0.15, 0.2) is 23.0 Å². The van der Waals surface area contributed by atoms with E-state index < -0.39 is 0 Å². The molecular weight excluding hydrogens is 458 g/mol. The third-order valence-corrected chi connectivity index (χ3v) is 6.00. The summed E-state index contributed by atoms with van der Waals surface area (Å²) >= 11 is 0. The average molecular weight is 484 g/mol. The molecule has 0 fully saturated rings. The lowest BCUT2D eigenvalue weighted by molar-refractivity contribution is 0.102. The van der Waals surface area contributed by atoms with Crippen LogP contribution in [-0.4, -0.2) is 49.7 Å². The van der Waals surface area contributed by atoms with E-state index in [2.05, 4.69) is 51.5 Å². The molecule has 36 heavy (non-hydrogen) atoms. The molecule has 10 heteroatoms. The van der Waals surface area contributed by atoms with Gasteiger partial charge in [0.25, 0.3) is 5.91 Å². The van der Waals surface area contributed by atoms with E-state index in [0.717, 1.165) is 11.3 Å². The van der Waals surface area contributed by atoms with Crippen molar-refractivity contribution in [2.24, 2.45) is 0 Å². The van der Waals surface area contributed by atoms with Crippen molar-refractivity contribution >= 4 is 22.8 Å². The zero-order chi connectivity index (χ0) is 25.4. The van der Waals surface area contributed by atoms with Crippen molar-refractivity contribution < 1.29 is 14.3 Å². The number of benzene rings is 2. The lowest BCUT2D eigenvalue weighted by Gasteiger charge is -2.11. The van der Waals surface area contributed by atoms with E-state index in [4.69, 9.17) is 9.47 Å². The highest BCUT2D eigenvalue weighted by molar-refractivity contribution is 6.04. The Morgan fingerprint density at radius 3 is 2.44 bits per heavy atom. The molecule has 0 spiro atoms. The minimum atomic E-state index is -0.326. The Kier molecular flexibility index (Phi) is 5.85. The van der Waals surface area contributed by atoms with Gasteiger partial charge in [0.1, 0.15) is 12.1 Å². The molecule has 0 aliphatic rings. The molecule has 2 aromatic carbocycles. The zero-order valence-corrected chi connectivity index (χ0v) is 20.6. The van der Waals surface area contributed by atoms with Gasteiger partial charge in [-0.2, -0.15) is 14.9 Å². The summed E-state index contributed by atoms with van der Waals surface area (Å²) in [4.78, 5) is 22.0. The third kappa shape index (κ3) is 4.02. The number of anilines is 1. The molecule has 0 radical (unpaired) electrons. The zero-order valence-electron chi connectivity index (χ0n) is 20.6. The molecule has 0 atom stereocenters.